The van der Waals surface area contributed by atoms with Crippen LogP contribution in [0.5, 0.6) is 0 Å². The molecule has 0 fully saturated rings. The average Bonchev–Trinajstić information content (AvgIpc) is 1.58. The first kappa shape index (κ1) is 10.7. The zero-order valence-electron chi connectivity index (χ0n) is 4.52. The van der Waals surface area contributed by atoms with Crippen LogP contribution in [-0.4, -0.2) is 21.0 Å². The van der Waals surface area contributed by atoms with Gasteiger partial charge >= 0.3 is 26.3 Å². The fourth-order valence-corrected chi connectivity index (χ4v) is 2.62. The third-order valence-corrected chi connectivity index (χ3v) is 7.64. The Labute approximate surface area is 60.4 Å². The molecular formula is HF2NO5S3. The first-order valence-electron chi connectivity index (χ1n) is 1.68. The summed E-state index contributed by atoms with van der Waals surface area (Å²) in [7, 11) is -18.4. The van der Waals surface area contributed by atoms with Crippen molar-refractivity contribution in [3.05, 3.63) is 0 Å². The predicted octanol–water partition coefficient (Wildman–Crippen LogP) is -0.538. The topological polar surface area (TPSA) is 109 Å². The zero-order valence-corrected chi connectivity index (χ0v) is 6.97. The van der Waals surface area contributed by atoms with Gasteiger partial charge in [0.05, 0.1) is 0 Å². The van der Waals surface area contributed by atoms with Crippen LogP contribution in [0.25, 0.3) is 0 Å². The Morgan fingerprint density at radius 3 is 1.00 bits per heavy atom. The van der Waals surface area contributed by atoms with Crippen molar-refractivity contribution in [1.29, 1.82) is 4.78 Å². The fraction of sp³-hybridized carbons (Fsp3) is 0. The van der Waals surface area contributed by atoms with Gasteiger partial charge in [-0.1, -0.05) is 7.77 Å². The van der Waals surface area contributed by atoms with Gasteiger partial charge in [0.1, 0.15) is 0 Å². The molecule has 68 valence electrons. The molecule has 11 heavy (non-hydrogen) atoms. The molecule has 0 saturated heterocycles. The van der Waals surface area contributed by atoms with Crippen LogP contribution >= 0.6 is 0 Å². The van der Waals surface area contributed by atoms with Gasteiger partial charge in [0.15, 0.2) is 0 Å². The van der Waals surface area contributed by atoms with Crippen molar-refractivity contribution in [2.75, 3.05) is 0 Å². The Morgan fingerprint density at radius 1 is 0.818 bits per heavy atom. The number of rotatable bonds is 2. The second-order valence-corrected chi connectivity index (χ2v) is 9.56. The second kappa shape index (κ2) is 2.35. The summed E-state index contributed by atoms with van der Waals surface area (Å²) in [5.74, 6) is 0. The molecule has 6 nitrogen and oxygen atoms in total. The van der Waals surface area contributed by atoms with Crippen molar-refractivity contribution in [2.24, 2.45) is 0 Å². The standard InChI is InChI=1S/F2HNO5S3/c1-9(4,5)11(3,8)10(2,6)7/h3H. The molecular weight excluding hydrogens is 228 g/mol. The Balaban J connectivity index is 5.92. The SMILES string of the molecule is N=S(=O)(S(=O)(=O)F)S(=O)(=O)F. The highest BCUT2D eigenvalue weighted by Crippen LogP contribution is 2.15. The lowest BCUT2D eigenvalue weighted by Crippen LogP contribution is -2.15. The molecule has 0 heterocycles. The van der Waals surface area contributed by atoms with Gasteiger partial charge in [-0.3, -0.25) is 0 Å². The molecule has 1 N–H and O–H groups in total. The fourth-order valence-electron chi connectivity index (χ4n) is 0.0971. The van der Waals surface area contributed by atoms with Gasteiger partial charge in [-0.15, -0.1) is 0 Å². The van der Waals surface area contributed by atoms with Crippen molar-refractivity contribution >= 4 is 26.3 Å². The number of halogens is 2. The average molecular weight is 229 g/mol. The van der Waals surface area contributed by atoms with Crippen LogP contribution in [0.15, 0.2) is 0 Å². The van der Waals surface area contributed by atoms with Gasteiger partial charge in [-0.2, -0.15) is 16.8 Å². The molecule has 0 aromatic carbocycles. The summed E-state index contributed by atoms with van der Waals surface area (Å²) in [6.07, 6.45) is 0. The summed E-state index contributed by atoms with van der Waals surface area (Å²) in [6, 6.07) is 0. The maximum absolute atomic E-state index is 11.6. The van der Waals surface area contributed by atoms with Crippen LogP contribution in [0.1, 0.15) is 0 Å². The second-order valence-electron chi connectivity index (χ2n) is 1.24. The summed E-state index contributed by atoms with van der Waals surface area (Å²) in [5, 5.41) is 0. The number of hydrogen-bond acceptors (Lipinski definition) is 6. The van der Waals surface area contributed by atoms with E-state index in [9.17, 15) is 28.8 Å². The monoisotopic (exact) mass is 229 g/mol. The maximum Gasteiger partial charge on any atom is 0.409 e. The molecule has 0 spiro atoms. The number of hydrogen-bond donors (Lipinski definition) is 1. The van der Waals surface area contributed by atoms with Gasteiger partial charge in [-0.05, 0) is 0 Å². The molecule has 0 amide bonds. The lowest BCUT2D eigenvalue weighted by Gasteiger charge is -1.92. The molecule has 0 atom stereocenters. The molecule has 11 heteroatoms. The van der Waals surface area contributed by atoms with E-state index < -0.39 is 26.3 Å². The van der Waals surface area contributed by atoms with Crippen molar-refractivity contribution in [3.8, 4) is 0 Å². The van der Waals surface area contributed by atoms with Crippen molar-refractivity contribution in [1.82, 2.24) is 0 Å². The minimum Gasteiger partial charge on any atom is -0.223 e. The highest BCUT2D eigenvalue weighted by molar-refractivity contribution is 8.97. The maximum atomic E-state index is 11.6. The summed E-state index contributed by atoms with van der Waals surface area (Å²) in [5.41, 5.74) is 0. The summed E-state index contributed by atoms with van der Waals surface area (Å²) in [4.78, 5) is 0. The Hall–Kier alpha value is -0.290. The highest BCUT2D eigenvalue weighted by Gasteiger charge is 2.39. The zero-order chi connectivity index (χ0) is 9.50. The van der Waals surface area contributed by atoms with Gasteiger partial charge in [0.25, 0.3) is 0 Å². The van der Waals surface area contributed by atoms with Crippen molar-refractivity contribution in [3.63, 3.8) is 0 Å². The van der Waals surface area contributed by atoms with Gasteiger partial charge in [0, 0.05) is 0 Å². The quantitative estimate of drug-likeness (QED) is 0.505. The van der Waals surface area contributed by atoms with Gasteiger partial charge in [-0.25, -0.2) is 8.99 Å². The molecule has 0 aliphatic carbocycles. The normalized spacial score (nSPS) is 14.7. The third kappa shape index (κ3) is 1.84. The van der Waals surface area contributed by atoms with E-state index in [0.717, 1.165) is 0 Å². The van der Waals surface area contributed by atoms with E-state index in [1.54, 1.807) is 0 Å². The van der Waals surface area contributed by atoms with Crippen LogP contribution in [0.3, 0.4) is 0 Å². The van der Waals surface area contributed by atoms with E-state index >= 15 is 0 Å². The summed E-state index contributed by atoms with van der Waals surface area (Å²) < 4.78 is 77.1. The molecule has 0 aromatic heterocycles. The molecule has 0 aromatic rings. The van der Waals surface area contributed by atoms with Crippen LogP contribution in [-0.2, 0) is 26.3 Å². The van der Waals surface area contributed by atoms with E-state index in [1.165, 1.54) is 0 Å². The van der Waals surface area contributed by atoms with Gasteiger partial charge in [0.2, 0.25) is 0 Å². The molecule has 0 radical (unpaired) electrons. The largest absolute Gasteiger partial charge is 0.409 e. The van der Waals surface area contributed by atoms with Crippen LogP contribution in [0.4, 0.5) is 7.77 Å². The van der Waals surface area contributed by atoms with E-state index in [1.807, 2.05) is 0 Å². The molecule has 0 saturated carbocycles. The Bertz CT molecular complexity index is 398. The highest BCUT2D eigenvalue weighted by atomic mass is 33.6. The molecule has 0 rings (SSSR count). The Kier molecular flexibility index (Phi) is 2.29. The molecule has 0 aliphatic heterocycles. The van der Waals surface area contributed by atoms with Crippen LogP contribution in [0.2, 0.25) is 0 Å². The summed E-state index contributed by atoms with van der Waals surface area (Å²) in [6.45, 7) is 0. The third-order valence-electron chi connectivity index (χ3n) is 0.524. The first-order valence-corrected chi connectivity index (χ1v) is 7.04. The molecule has 0 bridgehead atoms. The van der Waals surface area contributed by atoms with Crippen LogP contribution < -0.4 is 0 Å². The molecule has 0 aliphatic rings. The van der Waals surface area contributed by atoms with Crippen molar-refractivity contribution < 1.29 is 28.8 Å². The van der Waals surface area contributed by atoms with E-state index in [2.05, 4.69) is 0 Å². The minimum atomic E-state index is -6.23. The van der Waals surface area contributed by atoms with E-state index in [0.29, 0.717) is 0 Å². The molecule has 0 unspecified atom stereocenters. The summed E-state index contributed by atoms with van der Waals surface area (Å²) >= 11 is 0. The Morgan fingerprint density at radius 2 is 1.00 bits per heavy atom. The van der Waals surface area contributed by atoms with E-state index in [4.69, 9.17) is 4.78 Å². The smallest absolute Gasteiger partial charge is 0.223 e. The van der Waals surface area contributed by atoms with Crippen molar-refractivity contribution in [2.45, 2.75) is 0 Å². The lowest BCUT2D eigenvalue weighted by atomic mass is 14.0. The van der Waals surface area contributed by atoms with Gasteiger partial charge < -0.3 is 0 Å². The first-order chi connectivity index (χ1) is 4.50. The van der Waals surface area contributed by atoms with Crippen LogP contribution in [0, 0.1) is 4.78 Å². The minimum absolute atomic E-state index is 5.83. The lowest BCUT2D eigenvalue weighted by molar-refractivity contribution is 0.559. The number of nitrogens with one attached hydrogen (secondary N) is 1. The predicted molar refractivity (Wildman–Crippen MR) is 30.9 cm³/mol. The van der Waals surface area contributed by atoms with E-state index in [-0.39, 0.29) is 0 Å².